The van der Waals surface area contributed by atoms with Gasteiger partial charge >= 0.3 is 12.5 Å². The average Bonchev–Trinajstić information content (AvgIpc) is 2.72. The first kappa shape index (κ1) is 17.5. The maximum absolute atomic E-state index is 12.4. The second-order valence-corrected chi connectivity index (χ2v) is 4.97. The van der Waals surface area contributed by atoms with Crippen LogP contribution in [0.4, 0.5) is 26.3 Å². The zero-order valence-electron chi connectivity index (χ0n) is 11.0. The van der Waals surface area contributed by atoms with Gasteiger partial charge in [0.25, 0.3) is 0 Å². The Balaban J connectivity index is 2.15. The van der Waals surface area contributed by atoms with Gasteiger partial charge < -0.3 is 10.2 Å². The van der Waals surface area contributed by atoms with Crippen LogP contribution in [0.3, 0.4) is 0 Å². The topological polar surface area (TPSA) is 24.5 Å². The molecule has 0 aliphatic carbocycles. The van der Waals surface area contributed by atoms with E-state index in [0.29, 0.717) is 13.0 Å². The Hall–Kier alpha value is -0.540. The summed E-state index contributed by atoms with van der Waals surface area (Å²) in [7, 11) is 1.61. The van der Waals surface area contributed by atoms with Crippen LogP contribution in [0.2, 0.25) is 0 Å². The van der Waals surface area contributed by atoms with Crippen LogP contribution >= 0.6 is 0 Å². The first-order chi connectivity index (χ1) is 9.08. The quantitative estimate of drug-likeness (QED) is 0.763. The molecule has 1 N–H and O–H groups in total. The van der Waals surface area contributed by atoms with E-state index in [1.54, 1.807) is 11.9 Å². The van der Waals surface area contributed by atoms with Crippen LogP contribution < -0.4 is 5.32 Å². The van der Waals surface area contributed by atoms with Crippen LogP contribution in [-0.2, 0) is 4.74 Å². The molecular weight excluding hydrogens is 290 g/mol. The van der Waals surface area contributed by atoms with E-state index in [2.05, 4.69) is 10.1 Å². The molecule has 20 heavy (non-hydrogen) atoms. The summed E-state index contributed by atoms with van der Waals surface area (Å²) in [6.45, 7) is -0.0727. The number of alkyl halides is 6. The third kappa shape index (κ3) is 6.76. The van der Waals surface area contributed by atoms with Gasteiger partial charge in [0.05, 0.1) is 12.5 Å². The highest BCUT2D eigenvalue weighted by molar-refractivity contribution is 4.85. The fraction of sp³-hybridized carbons (Fsp3) is 1.00. The molecule has 0 saturated carbocycles. The zero-order valence-corrected chi connectivity index (χ0v) is 11.0. The number of hydrogen-bond acceptors (Lipinski definition) is 3. The predicted octanol–water partition coefficient (Wildman–Crippen LogP) is 2.39. The third-order valence-electron chi connectivity index (χ3n) is 3.28. The van der Waals surface area contributed by atoms with E-state index in [9.17, 15) is 26.3 Å². The predicted molar refractivity (Wildman–Crippen MR) is 60.1 cm³/mol. The van der Waals surface area contributed by atoms with Crippen LogP contribution in [0.5, 0.6) is 0 Å². The Morgan fingerprint density at radius 1 is 1.15 bits per heavy atom. The number of nitrogens with zero attached hydrogens (tertiary/aromatic N) is 1. The van der Waals surface area contributed by atoms with Gasteiger partial charge in [-0.3, -0.25) is 4.74 Å². The second kappa shape index (κ2) is 6.95. The van der Waals surface area contributed by atoms with E-state index in [-0.39, 0.29) is 25.6 Å². The minimum absolute atomic E-state index is 0.0242. The first-order valence-corrected chi connectivity index (χ1v) is 6.27. The monoisotopic (exact) mass is 308 g/mol. The summed E-state index contributed by atoms with van der Waals surface area (Å²) in [5.74, 6) is -1.33. The van der Waals surface area contributed by atoms with Crippen molar-refractivity contribution >= 4 is 0 Å². The summed E-state index contributed by atoms with van der Waals surface area (Å²) in [5.41, 5.74) is 0. The molecule has 1 saturated heterocycles. The number of hydrogen-bond donors (Lipinski definition) is 1. The van der Waals surface area contributed by atoms with Crippen molar-refractivity contribution in [2.75, 3.05) is 33.3 Å². The minimum atomic E-state index is -4.65. The van der Waals surface area contributed by atoms with Crippen molar-refractivity contribution in [3.63, 3.8) is 0 Å². The lowest BCUT2D eigenvalue weighted by molar-refractivity contribution is -0.324. The lowest BCUT2D eigenvalue weighted by atomic mass is 10.0. The van der Waals surface area contributed by atoms with Gasteiger partial charge in [-0.25, -0.2) is 0 Å². The summed E-state index contributed by atoms with van der Waals surface area (Å²) in [6, 6.07) is -0.243. The molecule has 1 fully saturated rings. The summed E-state index contributed by atoms with van der Waals surface area (Å²) < 4.78 is 76.1. The van der Waals surface area contributed by atoms with Crippen LogP contribution in [0.15, 0.2) is 0 Å². The van der Waals surface area contributed by atoms with Crippen molar-refractivity contribution in [1.82, 2.24) is 10.2 Å². The third-order valence-corrected chi connectivity index (χ3v) is 3.28. The Labute approximate surface area is 113 Å². The van der Waals surface area contributed by atoms with Gasteiger partial charge in [0.15, 0.2) is 0 Å². The van der Waals surface area contributed by atoms with Crippen molar-refractivity contribution in [1.29, 1.82) is 0 Å². The molecule has 1 aliphatic heterocycles. The highest BCUT2D eigenvalue weighted by Crippen LogP contribution is 2.33. The largest absolute Gasteiger partial charge is 0.522 e. The molecule has 0 aromatic rings. The van der Waals surface area contributed by atoms with Crippen molar-refractivity contribution < 1.29 is 31.1 Å². The van der Waals surface area contributed by atoms with E-state index in [1.165, 1.54) is 0 Å². The van der Waals surface area contributed by atoms with E-state index in [4.69, 9.17) is 0 Å². The van der Waals surface area contributed by atoms with Gasteiger partial charge in [0, 0.05) is 19.1 Å². The van der Waals surface area contributed by atoms with Crippen LogP contribution in [0, 0.1) is 5.92 Å². The number of rotatable bonds is 6. The van der Waals surface area contributed by atoms with Crippen molar-refractivity contribution in [3.8, 4) is 0 Å². The molecule has 0 aromatic heterocycles. The molecule has 0 spiro atoms. The molecule has 0 radical (unpaired) electrons. The van der Waals surface area contributed by atoms with Gasteiger partial charge in [-0.05, 0) is 26.4 Å². The van der Waals surface area contributed by atoms with E-state index >= 15 is 0 Å². The van der Waals surface area contributed by atoms with Crippen molar-refractivity contribution in [2.45, 2.75) is 31.4 Å². The van der Waals surface area contributed by atoms with Gasteiger partial charge in [0.1, 0.15) is 0 Å². The maximum Gasteiger partial charge on any atom is 0.522 e. The summed E-state index contributed by atoms with van der Waals surface area (Å²) in [6.07, 6.45) is -8.34. The molecule has 3 nitrogen and oxygen atoms in total. The normalized spacial score (nSPS) is 24.6. The SMILES string of the molecule is CN(CCOC(F)(F)F)CCC1CC(C(F)(F)F)CN1. The molecule has 0 amide bonds. The Morgan fingerprint density at radius 2 is 1.80 bits per heavy atom. The highest BCUT2D eigenvalue weighted by atomic mass is 19.4. The Morgan fingerprint density at radius 3 is 2.30 bits per heavy atom. The number of halogens is 6. The van der Waals surface area contributed by atoms with Gasteiger partial charge in [-0.1, -0.05) is 0 Å². The first-order valence-electron chi connectivity index (χ1n) is 6.27. The van der Waals surface area contributed by atoms with Gasteiger partial charge in [0.2, 0.25) is 0 Å². The molecule has 1 rings (SSSR count). The average molecular weight is 308 g/mol. The molecule has 120 valence electrons. The fourth-order valence-corrected chi connectivity index (χ4v) is 2.09. The summed E-state index contributed by atoms with van der Waals surface area (Å²) in [4.78, 5) is 1.61. The Bertz CT molecular complexity index is 294. The number of ether oxygens (including phenoxy) is 1. The fourth-order valence-electron chi connectivity index (χ4n) is 2.09. The Kier molecular flexibility index (Phi) is 6.08. The van der Waals surface area contributed by atoms with E-state index in [1.807, 2.05) is 0 Å². The lowest BCUT2D eigenvalue weighted by Crippen LogP contribution is -2.31. The smallest absolute Gasteiger partial charge is 0.313 e. The number of nitrogens with one attached hydrogen (secondary N) is 1. The molecular formula is C11H18F6N2O. The van der Waals surface area contributed by atoms with Crippen LogP contribution in [0.25, 0.3) is 0 Å². The standard InChI is InChI=1S/C11H18F6N2O/c1-19(4-5-20-11(15,16)17)3-2-9-6-8(7-18-9)10(12,13)14/h8-9,18H,2-7H2,1H3. The number of likely N-dealkylation sites (N-methyl/N-ethyl adjacent to an activating group) is 1. The van der Waals surface area contributed by atoms with E-state index in [0.717, 1.165) is 0 Å². The molecule has 0 bridgehead atoms. The molecule has 1 aliphatic rings. The summed E-state index contributed by atoms with van der Waals surface area (Å²) in [5, 5.41) is 2.79. The molecule has 0 aromatic carbocycles. The highest BCUT2D eigenvalue weighted by Gasteiger charge is 2.43. The maximum atomic E-state index is 12.4. The molecule has 1 heterocycles. The second-order valence-electron chi connectivity index (χ2n) is 4.97. The zero-order chi connectivity index (χ0) is 15.4. The minimum Gasteiger partial charge on any atom is -0.313 e. The molecule has 2 atom stereocenters. The van der Waals surface area contributed by atoms with Crippen molar-refractivity contribution in [2.24, 2.45) is 5.92 Å². The van der Waals surface area contributed by atoms with Crippen LogP contribution in [0.1, 0.15) is 12.8 Å². The summed E-state index contributed by atoms with van der Waals surface area (Å²) >= 11 is 0. The molecule has 9 heteroatoms. The van der Waals surface area contributed by atoms with Crippen molar-refractivity contribution in [3.05, 3.63) is 0 Å². The van der Waals surface area contributed by atoms with Gasteiger partial charge in [-0.15, -0.1) is 13.2 Å². The lowest BCUT2D eigenvalue weighted by Gasteiger charge is -2.19. The molecule has 2 unspecified atom stereocenters. The van der Waals surface area contributed by atoms with Crippen LogP contribution in [-0.4, -0.2) is 56.8 Å². The van der Waals surface area contributed by atoms with E-state index < -0.39 is 25.1 Å². The van der Waals surface area contributed by atoms with Gasteiger partial charge in [-0.2, -0.15) is 13.2 Å².